The van der Waals surface area contributed by atoms with Gasteiger partial charge in [0.05, 0.1) is 6.54 Å². The minimum atomic E-state index is -0.130. The zero-order valence-corrected chi connectivity index (χ0v) is 11.0. The lowest BCUT2D eigenvalue weighted by Gasteiger charge is -2.08. The summed E-state index contributed by atoms with van der Waals surface area (Å²) < 4.78 is 0. The van der Waals surface area contributed by atoms with E-state index >= 15 is 0 Å². The summed E-state index contributed by atoms with van der Waals surface area (Å²) in [6.45, 7) is 2.69. The first-order valence-electron chi connectivity index (χ1n) is 6.52. The Morgan fingerprint density at radius 3 is 2.53 bits per heavy atom. The van der Waals surface area contributed by atoms with Gasteiger partial charge in [-0.15, -0.1) is 0 Å². The maximum Gasteiger partial charge on any atom is 0.238 e. The molecule has 0 radical (unpaired) electrons. The van der Waals surface area contributed by atoms with E-state index in [-0.39, 0.29) is 11.8 Å². The number of amides is 2. The number of carbonyl (C=O) groups is 2. The highest BCUT2D eigenvalue weighted by atomic mass is 16.2. The molecule has 5 heteroatoms. The minimum Gasteiger partial charge on any atom is -0.326 e. The van der Waals surface area contributed by atoms with Gasteiger partial charge in [-0.25, -0.2) is 0 Å². The smallest absolute Gasteiger partial charge is 0.238 e. The van der Waals surface area contributed by atoms with Crippen LogP contribution in [0, 0.1) is 5.92 Å². The van der Waals surface area contributed by atoms with E-state index in [1.807, 2.05) is 0 Å². The zero-order chi connectivity index (χ0) is 13.7. The number of anilines is 2. The normalized spacial score (nSPS) is 13.9. The number of benzene rings is 1. The first-order chi connectivity index (χ1) is 9.13. The van der Waals surface area contributed by atoms with Gasteiger partial charge in [0.1, 0.15) is 0 Å². The van der Waals surface area contributed by atoms with Crippen LogP contribution in [0.2, 0.25) is 0 Å². The fraction of sp³-hybridized carbons (Fsp3) is 0.429. The van der Waals surface area contributed by atoms with Crippen molar-refractivity contribution in [1.29, 1.82) is 0 Å². The molecule has 1 aliphatic rings. The van der Waals surface area contributed by atoms with Crippen LogP contribution in [-0.4, -0.2) is 24.9 Å². The molecule has 0 bridgehead atoms. The topological polar surface area (TPSA) is 70.2 Å². The molecule has 2 amide bonds. The molecule has 0 heterocycles. The predicted octanol–water partition coefficient (Wildman–Crippen LogP) is 1.58. The molecule has 1 aromatic rings. The highest BCUT2D eigenvalue weighted by Crippen LogP contribution is 2.27. The first-order valence-corrected chi connectivity index (χ1v) is 6.52. The maximum absolute atomic E-state index is 11.7. The molecule has 1 saturated carbocycles. The number of carbonyl (C=O) groups excluding carboxylic acids is 2. The fourth-order valence-electron chi connectivity index (χ4n) is 1.79. The molecule has 102 valence electrons. The van der Waals surface area contributed by atoms with Gasteiger partial charge >= 0.3 is 0 Å². The van der Waals surface area contributed by atoms with E-state index in [0.717, 1.165) is 12.5 Å². The molecule has 2 rings (SSSR count). The lowest BCUT2D eigenvalue weighted by molar-refractivity contribution is -0.115. The summed E-state index contributed by atoms with van der Waals surface area (Å²) in [6, 6.07) is 7.10. The van der Waals surface area contributed by atoms with Gasteiger partial charge in [0.25, 0.3) is 0 Å². The van der Waals surface area contributed by atoms with Gasteiger partial charge in [-0.2, -0.15) is 0 Å². The molecule has 0 aromatic heterocycles. The van der Waals surface area contributed by atoms with Gasteiger partial charge in [-0.1, -0.05) is 6.07 Å². The average Bonchev–Trinajstić information content (AvgIpc) is 3.12. The van der Waals surface area contributed by atoms with Crippen LogP contribution in [0.4, 0.5) is 11.4 Å². The summed E-state index contributed by atoms with van der Waals surface area (Å²) in [5.41, 5.74) is 1.36. The number of hydrogen-bond acceptors (Lipinski definition) is 3. The Morgan fingerprint density at radius 1 is 1.21 bits per heavy atom. The fourth-order valence-corrected chi connectivity index (χ4v) is 1.79. The average molecular weight is 261 g/mol. The van der Waals surface area contributed by atoms with Crippen LogP contribution in [0.3, 0.4) is 0 Å². The van der Waals surface area contributed by atoms with Crippen LogP contribution in [-0.2, 0) is 9.59 Å². The Bertz CT molecular complexity index is 470. The van der Waals surface area contributed by atoms with Crippen molar-refractivity contribution >= 4 is 23.2 Å². The van der Waals surface area contributed by atoms with Gasteiger partial charge in [-0.05, 0) is 43.5 Å². The Labute approximate surface area is 112 Å². The van der Waals surface area contributed by atoms with Crippen molar-refractivity contribution in [1.82, 2.24) is 5.32 Å². The standard InChI is InChI=1S/C14H19N3O2/c1-10(18)16-12-3-2-4-13(7-12)17-14(19)9-15-8-11-5-6-11/h2-4,7,11,15H,5-6,8-9H2,1H3,(H,16,18)(H,17,19). The largest absolute Gasteiger partial charge is 0.326 e. The van der Waals surface area contributed by atoms with Gasteiger partial charge in [-0.3, -0.25) is 9.59 Å². The van der Waals surface area contributed by atoms with Gasteiger partial charge in [0, 0.05) is 18.3 Å². The summed E-state index contributed by atoms with van der Waals surface area (Å²) in [5, 5.41) is 8.61. The third kappa shape index (κ3) is 5.09. The van der Waals surface area contributed by atoms with Gasteiger partial charge in [0.2, 0.25) is 11.8 Å². The van der Waals surface area contributed by atoms with Crippen molar-refractivity contribution in [3.63, 3.8) is 0 Å². The van der Waals surface area contributed by atoms with Gasteiger partial charge in [0.15, 0.2) is 0 Å². The van der Waals surface area contributed by atoms with Crippen LogP contribution < -0.4 is 16.0 Å². The van der Waals surface area contributed by atoms with E-state index in [4.69, 9.17) is 0 Å². The Balaban J connectivity index is 1.79. The van der Waals surface area contributed by atoms with Crippen LogP contribution in [0.1, 0.15) is 19.8 Å². The molecule has 3 N–H and O–H groups in total. The second-order valence-electron chi connectivity index (χ2n) is 4.88. The van der Waals surface area contributed by atoms with E-state index in [2.05, 4.69) is 16.0 Å². The van der Waals surface area contributed by atoms with Crippen molar-refractivity contribution < 1.29 is 9.59 Å². The van der Waals surface area contributed by atoms with Crippen LogP contribution in [0.25, 0.3) is 0 Å². The molecule has 1 aliphatic carbocycles. The Hall–Kier alpha value is -1.88. The van der Waals surface area contributed by atoms with E-state index in [9.17, 15) is 9.59 Å². The molecule has 5 nitrogen and oxygen atoms in total. The summed E-state index contributed by atoms with van der Waals surface area (Å²) in [6.07, 6.45) is 2.54. The molecular formula is C14H19N3O2. The first kappa shape index (κ1) is 13.5. The monoisotopic (exact) mass is 261 g/mol. The lowest BCUT2D eigenvalue weighted by atomic mass is 10.2. The molecule has 0 unspecified atom stereocenters. The van der Waals surface area contributed by atoms with Crippen LogP contribution in [0.15, 0.2) is 24.3 Å². The molecule has 0 spiro atoms. The number of hydrogen-bond donors (Lipinski definition) is 3. The third-order valence-electron chi connectivity index (χ3n) is 2.88. The molecular weight excluding hydrogens is 242 g/mol. The summed E-state index contributed by atoms with van der Waals surface area (Å²) >= 11 is 0. The Morgan fingerprint density at radius 2 is 1.89 bits per heavy atom. The maximum atomic E-state index is 11.7. The van der Waals surface area contributed by atoms with Crippen molar-refractivity contribution in [2.24, 2.45) is 5.92 Å². The predicted molar refractivity (Wildman–Crippen MR) is 75.0 cm³/mol. The van der Waals surface area contributed by atoms with E-state index in [0.29, 0.717) is 17.9 Å². The minimum absolute atomic E-state index is 0.0689. The van der Waals surface area contributed by atoms with Crippen molar-refractivity contribution in [2.45, 2.75) is 19.8 Å². The highest BCUT2D eigenvalue weighted by molar-refractivity contribution is 5.94. The Kier molecular flexibility index (Phi) is 4.52. The van der Waals surface area contributed by atoms with Crippen LogP contribution in [0.5, 0.6) is 0 Å². The molecule has 1 fully saturated rings. The third-order valence-corrected chi connectivity index (χ3v) is 2.88. The second kappa shape index (κ2) is 6.33. The van der Waals surface area contributed by atoms with Crippen LogP contribution >= 0.6 is 0 Å². The molecule has 0 saturated heterocycles. The SMILES string of the molecule is CC(=O)Nc1cccc(NC(=O)CNCC2CC2)c1. The van der Waals surface area contributed by atoms with E-state index in [1.165, 1.54) is 19.8 Å². The summed E-state index contributed by atoms with van der Waals surface area (Å²) in [4.78, 5) is 22.6. The highest BCUT2D eigenvalue weighted by Gasteiger charge is 2.20. The molecule has 19 heavy (non-hydrogen) atoms. The lowest BCUT2D eigenvalue weighted by Crippen LogP contribution is -2.29. The van der Waals surface area contributed by atoms with E-state index in [1.54, 1.807) is 24.3 Å². The molecule has 0 atom stereocenters. The number of nitrogens with one attached hydrogen (secondary N) is 3. The van der Waals surface area contributed by atoms with Crippen molar-refractivity contribution in [2.75, 3.05) is 23.7 Å². The summed E-state index contributed by atoms with van der Waals surface area (Å²) in [7, 11) is 0. The number of rotatable bonds is 6. The molecule has 1 aromatic carbocycles. The quantitative estimate of drug-likeness (QED) is 0.728. The summed E-state index contributed by atoms with van der Waals surface area (Å²) in [5.74, 6) is 0.561. The second-order valence-corrected chi connectivity index (χ2v) is 4.88. The van der Waals surface area contributed by atoms with E-state index < -0.39 is 0 Å². The zero-order valence-electron chi connectivity index (χ0n) is 11.0. The van der Waals surface area contributed by atoms with Gasteiger partial charge < -0.3 is 16.0 Å². The molecule has 0 aliphatic heterocycles. The van der Waals surface area contributed by atoms with Crippen molar-refractivity contribution in [3.05, 3.63) is 24.3 Å². The van der Waals surface area contributed by atoms with Crippen molar-refractivity contribution in [3.8, 4) is 0 Å².